The van der Waals surface area contributed by atoms with Gasteiger partial charge < -0.3 is 25.6 Å². The number of carbonyl (C=O) groups excluding carboxylic acids is 2. The molecule has 12 heteroatoms. The fraction of sp³-hybridized carbons (Fsp3) is 0.548. The monoisotopic (exact) mass is 591 g/mol. The summed E-state index contributed by atoms with van der Waals surface area (Å²) in [5.41, 5.74) is 1.77. The van der Waals surface area contributed by atoms with Crippen LogP contribution in [-0.4, -0.2) is 85.9 Å². The first-order valence-electron chi connectivity index (χ1n) is 15.2. The standard InChI is InChI=1S/C31H45N9O3/c1-23(41)32-16-20-39(17-6-5-10-25-12-11-24-9-7-14-33-29(24)37-25)19-13-26(30(42)43-31(2,3)4)38-27-21-28(35-22-34-27)40-18-8-15-36-40/h8,11-12,15,18,21-22,26H,5-7,9-10,13-14,16-17,19-20H2,1-4H3,(H,32,41)(H,33,37)(H,34,35,38)/t26-/m0/s1. The minimum absolute atomic E-state index is 0.0583. The second-order valence-corrected chi connectivity index (χ2v) is 11.9. The summed E-state index contributed by atoms with van der Waals surface area (Å²) in [6, 6.07) is 7.28. The number of rotatable bonds is 15. The zero-order valence-electron chi connectivity index (χ0n) is 25.8. The van der Waals surface area contributed by atoms with E-state index in [0.717, 1.165) is 56.7 Å². The van der Waals surface area contributed by atoms with Crippen LogP contribution in [0.3, 0.4) is 0 Å². The van der Waals surface area contributed by atoms with Gasteiger partial charge in [0.15, 0.2) is 5.82 Å². The van der Waals surface area contributed by atoms with E-state index in [4.69, 9.17) is 9.72 Å². The van der Waals surface area contributed by atoms with Gasteiger partial charge in [0.1, 0.15) is 29.6 Å². The maximum absolute atomic E-state index is 13.3. The second-order valence-electron chi connectivity index (χ2n) is 11.9. The molecule has 12 nitrogen and oxygen atoms in total. The maximum atomic E-state index is 13.3. The highest BCUT2D eigenvalue weighted by Crippen LogP contribution is 2.20. The highest BCUT2D eigenvalue weighted by atomic mass is 16.6. The molecular weight excluding hydrogens is 546 g/mol. The molecule has 43 heavy (non-hydrogen) atoms. The molecule has 1 amide bonds. The molecule has 0 radical (unpaired) electrons. The first-order valence-corrected chi connectivity index (χ1v) is 15.2. The van der Waals surface area contributed by atoms with E-state index in [-0.39, 0.29) is 11.9 Å². The van der Waals surface area contributed by atoms with E-state index in [2.05, 4.69) is 48.0 Å². The molecule has 3 N–H and O–H groups in total. The number of ether oxygens (including phenoxy) is 1. The van der Waals surface area contributed by atoms with Crippen LogP contribution in [0.4, 0.5) is 11.6 Å². The van der Waals surface area contributed by atoms with E-state index >= 15 is 0 Å². The van der Waals surface area contributed by atoms with E-state index in [0.29, 0.717) is 37.7 Å². The SMILES string of the molecule is CC(=O)NCCN(CCCCc1ccc2c(n1)NCCC2)CC[C@H](Nc1cc(-n2cccn2)ncn1)C(=O)OC(C)(C)C. The smallest absolute Gasteiger partial charge is 0.329 e. The molecule has 3 aromatic heterocycles. The molecule has 4 heterocycles. The van der Waals surface area contributed by atoms with Crippen LogP contribution in [-0.2, 0) is 27.2 Å². The fourth-order valence-corrected chi connectivity index (χ4v) is 4.94. The zero-order chi connectivity index (χ0) is 30.7. The third-order valence-electron chi connectivity index (χ3n) is 7.05. The van der Waals surface area contributed by atoms with E-state index in [9.17, 15) is 9.59 Å². The van der Waals surface area contributed by atoms with Crippen molar-refractivity contribution in [2.24, 2.45) is 0 Å². The fourth-order valence-electron chi connectivity index (χ4n) is 4.94. The van der Waals surface area contributed by atoms with Gasteiger partial charge in [0.05, 0.1) is 0 Å². The quantitative estimate of drug-likeness (QED) is 0.178. The summed E-state index contributed by atoms with van der Waals surface area (Å²) in [6.45, 7) is 10.8. The first-order chi connectivity index (χ1) is 20.7. The van der Waals surface area contributed by atoms with Crippen LogP contribution in [0, 0.1) is 0 Å². The lowest BCUT2D eigenvalue weighted by molar-refractivity contribution is -0.156. The Bertz CT molecular complexity index is 1320. The van der Waals surface area contributed by atoms with Crippen LogP contribution in [0.5, 0.6) is 0 Å². The van der Waals surface area contributed by atoms with Crippen molar-refractivity contribution in [1.29, 1.82) is 0 Å². The minimum Gasteiger partial charge on any atom is -0.458 e. The molecule has 0 bridgehead atoms. The molecule has 0 unspecified atom stereocenters. The van der Waals surface area contributed by atoms with Crippen LogP contribution >= 0.6 is 0 Å². The van der Waals surface area contributed by atoms with Crippen molar-refractivity contribution in [3.05, 3.63) is 54.2 Å². The number of esters is 1. The molecule has 232 valence electrons. The largest absolute Gasteiger partial charge is 0.458 e. The molecule has 0 aromatic carbocycles. The molecule has 0 spiro atoms. The van der Waals surface area contributed by atoms with Crippen LogP contribution in [0.1, 0.15) is 64.6 Å². The molecule has 1 aliphatic heterocycles. The van der Waals surface area contributed by atoms with Crippen LogP contribution in [0.2, 0.25) is 0 Å². The number of hydrogen-bond donors (Lipinski definition) is 3. The Morgan fingerprint density at radius 3 is 2.79 bits per heavy atom. The Labute approximate surface area is 254 Å². The number of hydrogen-bond acceptors (Lipinski definition) is 10. The molecular formula is C31H45N9O3. The maximum Gasteiger partial charge on any atom is 0.329 e. The van der Waals surface area contributed by atoms with Crippen molar-refractivity contribution < 1.29 is 14.3 Å². The summed E-state index contributed by atoms with van der Waals surface area (Å²) in [4.78, 5) is 40.5. The van der Waals surface area contributed by atoms with Gasteiger partial charge in [-0.05, 0) is 83.5 Å². The van der Waals surface area contributed by atoms with E-state index in [1.807, 2.05) is 26.8 Å². The third-order valence-corrected chi connectivity index (χ3v) is 7.05. The van der Waals surface area contributed by atoms with Crippen LogP contribution < -0.4 is 16.0 Å². The Kier molecular flexibility index (Phi) is 11.4. The number of pyridine rings is 1. The highest BCUT2D eigenvalue weighted by molar-refractivity contribution is 5.79. The molecule has 0 saturated carbocycles. The minimum atomic E-state index is -0.631. The lowest BCUT2D eigenvalue weighted by atomic mass is 10.1. The third kappa shape index (κ3) is 10.6. The Morgan fingerprint density at radius 1 is 1.16 bits per heavy atom. The van der Waals surface area contributed by atoms with E-state index in [1.54, 1.807) is 23.1 Å². The molecule has 1 atom stereocenters. The Hall–Kier alpha value is -4.06. The predicted octanol–water partition coefficient (Wildman–Crippen LogP) is 3.39. The van der Waals surface area contributed by atoms with Crippen molar-refractivity contribution in [2.75, 3.05) is 43.4 Å². The lowest BCUT2D eigenvalue weighted by Gasteiger charge is -2.28. The van der Waals surface area contributed by atoms with Gasteiger partial charge in [0, 0.05) is 57.3 Å². The number of aryl methyl sites for hydroxylation is 2. The van der Waals surface area contributed by atoms with Gasteiger partial charge in [-0.1, -0.05) is 6.07 Å². The van der Waals surface area contributed by atoms with Crippen molar-refractivity contribution in [2.45, 2.75) is 77.9 Å². The first kappa shape index (κ1) is 31.9. The number of anilines is 2. The highest BCUT2D eigenvalue weighted by Gasteiger charge is 2.26. The van der Waals surface area contributed by atoms with Gasteiger partial charge in [-0.15, -0.1) is 0 Å². The normalized spacial score (nSPS) is 13.6. The Balaban J connectivity index is 1.37. The lowest BCUT2D eigenvalue weighted by Crippen LogP contribution is -2.41. The van der Waals surface area contributed by atoms with Gasteiger partial charge >= 0.3 is 5.97 Å². The summed E-state index contributed by atoms with van der Waals surface area (Å²) in [6.07, 6.45) is 10.5. The molecule has 0 saturated heterocycles. The van der Waals surface area contributed by atoms with Crippen molar-refractivity contribution in [3.8, 4) is 5.82 Å². The number of amides is 1. The van der Waals surface area contributed by atoms with E-state index < -0.39 is 11.6 Å². The van der Waals surface area contributed by atoms with E-state index in [1.165, 1.54) is 18.8 Å². The van der Waals surface area contributed by atoms with Gasteiger partial charge in [-0.2, -0.15) is 5.10 Å². The molecule has 3 aromatic rings. The van der Waals surface area contributed by atoms with Crippen LogP contribution in [0.25, 0.3) is 5.82 Å². The van der Waals surface area contributed by atoms with Crippen molar-refractivity contribution in [3.63, 3.8) is 0 Å². The molecule has 4 rings (SSSR count). The number of fused-ring (bicyclic) bond motifs is 1. The number of nitrogens with one attached hydrogen (secondary N) is 3. The average Bonchev–Trinajstić information content (AvgIpc) is 3.51. The molecule has 0 aliphatic carbocycles. The van der Waals surface area contributed by atoms with Gasteiger partial charge in [-0.25, -0.2) is 24.4 Å². The topological polar surface area (TPSA) is 139 Å². The summed E-state index contributed by atoms with van der Waals surface area (Å²) < 4.78 is 7.39. The summed E-state index contributed by atoms with van der Waals surface area (Å²) in [5, 5.41) is 13.8. The average molecular weight is 592 g/mol. The van der Waals surface area contributed by atoms with Gasteiger partial charge in [0.2, 0.25) is 5.91 Å². The van der Waals surface area contributed by atoms with Gasteiger partial charge in [-0.3, -0.25) is 4.79 Å². The Morgan fingerprint density at radius 2 is 2.02 bits per heavy atom. The second kappa shape index (κ2) is 15.4. The predicted molar refractivity (Wildman–Crippen MR) is 166 cm³/mol. The van der Waals surface area contributed by atoms with Crippen molar-refractivity contribution >= 4 is 23.5 Å². The molecule has 1 aliphatic rings. The summed E-state index contributed by atoms with van der Waals surface area (Å²) >= 11 is 0. The number of nitrogens with zero attached hydrogens (tertiary/aromatic N) is 6. The zero-order valence-corrected chi connectivity index (χ0v) is 25.8. The van der Waals surface area contributed by atoms with Crippen LogP contribution in [0.15, 0.2) is 43.0 Å². The summed E-state index contributed by atoms with van der Waals surface area (Å²) in [5.74, 6) is 1.72. The molecule has 0 fully saturated rings. The summed E-state index contributed by atoms with van der Waals surface area (Å²) in [7, 11) is 0. The van der Waals surface area contributed by atoms with Gasteiger partial charge in [0.25, 0.3) is 0 Å². The number of unbranched alkanes of at least 4 members (excludes halogenated alkanes) is 1. The van der Waals surface area contributed by atoms with Crippen molar-refractivity contribution in [1.82, 2.24) is 34.9 Å². The number of carbonyl (C=O) groups is 2. The number of aromatic nitrogens is 5.